The molecule has 0 bridgehead atoms. The Hall–Kier alpha value is -1.79. The second-order valence-electron chi connectivity index (χ2n) is 7.63. The van der Waals surface area contributed by atoms with Crippen molar-refractivity contribution in [2.45, 2.75) is 37.9 Å². The van der Waals surface area contributed by atoms with Gasteiger partial charge in [0.1, 0.15) is 18.5 Å². The number of carbonyl (C=O) groups is 2. The number of ketones is 1. The van der Waals surface area contributed by atoms with Gasteiger partial charge in [0, 0.05) is 56.4 Å². The number of hydrogen-bond donors (Lipinski definition) is 0. The highest BCUT2D eigenvalue weighted by Gasteiger charge is 2.38. The van der Waals surface area contributed by atoms with Gasteiger partial charge in [0.2, 0.25) is 0 Å². The van der Waals surface area contributed by atoms with Gasteiger partial charge in [-0.3, -0.25) is 4.79 Å². The molecule has 0 radical (unpaired) electrons. The number of ether oxygens (including phenoxy) is 2. The molecule has 3 saturated heterocycles. The number of urea groups is 1. The van der Waals surface area contributed by atoms with Crippen molar-refractivity contribution in [2.24, 2.45) is 5.92 Å². The van der Waals surface area contributed by atoms with E-state index in [-0.39, 0.29) is 36.5 Å². The smallest absolute Gasteiger partial charge is 0.320 e. The number of likely N-dealkylation sites (tertiary alicyclic amines) is 2. The molecule has 3 fully saturated rings. The molecule has 146 valence electrons. The molecule has 0 aromatic heterocycles. The van der Waals surface area contributed by atoms with E-state index in [4.69, 9.17) is 21.1 Å². The van der Waals surface area contributed by atoms with E-state index in [0.29, 0.717) is 37.6 Å². The quantitative estimate of drug-likeness (QED) is 0.776. The van der Waals surface area contributed by atoms with E-state index in [2.05, 4.69) is 0 Å². The molecular weight excluding hydrogens is 368 g/mol. The largest absolute Gasteiger partial charge is 0.490 e. The zero-order chi connectivity index (χ0) is 18.8. The van der Waals surface area contributed by atoms with Gasteiger partial charge in [-0.05, 0) is 30.7 Å². The Labute approximate surface area is 164 Å². The molecule has 0 N–H and O–H groups in total. The maximum atomic E-state index is 12.9. The third kappa shape index (κ3) is 4.38. The van der Waals surface area contributed by atoms with Gasteiger partial charge in [0.15, 0.2) is 5.78 Å². The minimum atomic E-state index is 0.0800. The van der Waals surface area contributed by atoms with Crippen LogP contribution in [0.5, 0.6) is 5.75 Å². The molecule has 6 nitrogen and oxygen atoms in total. The highest BCUT2D eigenvalue weighted by atomic mass is 35.5. The molecule has 27 heavy (non-hydrogen) atoms. The fourth-order valence-electron chi connectivity index (χ4n) is 4.22. The highest BCUT2D eigenvalue weighted by molar-refractivity contribution is 6.30. The van der Waals surface area contributed by atoms with Gasteiger partial charge < -0.3 is 19.3 Å². The van der Waals surface area contributed by atoms with Gasteiger partial charge in [-0.25, -0.2) is 4.79 Å². The van der Waals surface area contributed by atoms with Crippen molar-refractivity contribution in [3.63, 3.8) is 0 Å². The maximum absolute atomic E-state index is 12.9. The summed E-state index contributed by atoms with van der Waals surface area (Å²) in [4.78, 5) is 28.3. The van der Waals surface area contributed by atoms with Gasteiger partial charge >= 0.3 is 6.03 Å². The molecule has 0 aliphatic carbocycles. The van der Waals surface area contributed by atoms with E-state index < -0.39 is 0 Å². The van der Waals surface area contributed by atoms with E-state index in [1.807, 2.05) is 34.1 Å². The average molecular weight is 393 g/mol. The molecule has 2 amide bonds. The Bertz CT molecular complexity index is 688. The van der Waals surface area contributed by atoms with Crippen LogP contribution in [0.2, 0.25) is 5.02 Å². The molecule has 2 atom stereocenters. The van der Waals surface area contributed by atoms with Crippen LogP contribution in [0.15, 0.2) is 24.3 Å². The molecule has 0 unspecified atom stereocenters. The molecule has 4 rings (SSSR count). The van der Waals surface area contributed by atoms with E-state index in [1.54, 1.807) is 0 Å². The Balaban J connectivity index is 1.27. The first kappa shape index (κ1) is 18.6. The SMILES string of the molecule is O=C1CO[C@H]2CCN(C(=O)N3CCC(Oc4ccc(Cl)cc4)CC3)C[C@H]2C1. The molecule has 3 heterocycles. The van der Waals surface area contributed by atoms with Gasteiger partial charge in [-0.1, -0.05) is 11.6 Å². The zero-order valence-electron chi connectivity index (χ0n) is 15.3. The summed E-state index contributed by atoms with van der Waals surface area (Å²) in [6, 6.07) is 7.46. The minimum Gasteiger partial charge on any atom is -0.490 e. The van der Waals surface area contributed by atoms with Crippen LogP contribution in [0.4, 0.5) is 4.79 Å². The van der Waals surface area contributed by atoms with Crippen molar-refractivity contribution >= 4 is 23.4 Å². The first-order chi connectivity index (χ1) is 13.1. The lowest BCUT2D eigenvalue weighted by molar-refractivity contribution is -0.140. The summed E-state index contributed by atoms with van der Waals surface area (Å²) in [6.07, 6.45) is 3.23. The van der Waals surface area contributed by atoms with E-state index in [9.17, 15) is 9.59 Å². The number of Topliss-reactive ketones (excluding diaryl/α,β-unsaturated/α-hetero) is 1. The molecular formula is C20H25ClN2O4. The summed E-state index contributed by atoms with van der Waals surface area (Å²) in [5.74, 6) is 1.11. The summed E-state index contributed by atoms with van der Waals surface area (Å²) in [5, 5.41) is 0.691. The molecule has 1 aromatic rings. The lowest BCUT2D eigenvalue weighted by atomic mass is 9.88. The van der Waals surface area contributed by atoms with Crippen molar-refractivity contribution in [1.29, 1.82) is 0 Å². The van der Waals surface area contributed by atoms with E-state index >= 15 is 0 Å². The Morgan fingerprint density at radius 2 is 1.78 bits per heavy atom. The molecule has 0 spiro atoms. The average Bonchev–Trinajstić information content (AvgIpc) is 2.69. The number of amides is 2. The highest BCUT2D eigenvalue weighted by Crippen LogP contribution is 2.28. The number of carbonyl (C=O) groups excluding carboxylic acids is 2. The van der Waals surface area contributed by atoms with Crippen molar-refractivity contribution in [2.75, 3.05) is 32.8 Å². The summed E-state index contributed by atoms with van der Waals surface area (Å²) in [5.41, 5.74) is 0. The standard InChI is InChI=1S/C20H25ClN2O4/c21-15-1-3-17(4-2-15)27-18-5-8-22(9-6-18)20(25)23-10-7-19-14(12-23)11-16(24)13-26-19/h1-4,14,18-19H,5-13H2/t14-,19+/m1/s1. The Kier molecular flexibility index (Phi) is 5.55. The van der Waals surface area contributed by atoms with Gasteiger partial charge in [0.25, 0.3) is 0 Å². The van der Waals surface area contributed by atoms with Crippen LogP contribution >= 0.6 is 11.6 Å². The molecule has 3 aliphatic heterocycles. The van der Waals surface area contributed by atoms with Crippen LogP contribution < -0.4 is 4.74 Å². The number of benzene rings is 1. The number of halogens is 1. The van der Waals surface area contributed by atoms with Crippen molar-refractivity contribution < 1.29 is 19.1 Å². The number of nitrogens with zero attached hydrogens (tertiary/aromatic N) is 2. The second kappa shape index (κ2) is 8.07. The Morgan fingerprint density at radius 1 is 1.07 bits per heavy atom. The molecule has 7 heteroatoms. The molecule has 0 saturated carbocycles. The summed E-state index contributed by atoms with van der Waals surface area (Å²) in [7, 11) is 0. The van der Waals surface area contributed by atoms with Crippen LogP contribution in [-0.2, 0) is 9.53 Å². The van der Waals surface area contributed by atoms with Crippen molar-refractivity contribution in [1.82, 2.24) is 9.80 Å². The fourth-order valence-corrected chi connectivity index (χ4v) is 4.35. The number of piperidine rings is 2. The molecule has 1 aromatic carbocycles. The zero-order valence-corrected chi connectivity index (χ0v) is 16.1. The first-order valence-corrected chi connectivity index (χ1v) is 10.1. The predicted molar refractivity (Wildman–Crippen MR) is 101 cm³/mol. The lowest BCUT2D eigenvalue weighted by Crippen LogP contribution is -2.55. The Morgan fingerprint density at radius 3 is 2.52 bits per heavy atom. The predicted octanol–water partition coefficient (Wildman–Crippen LogP) is 2.98. The number of hydrogen-bond acceptors (Lipinski definition) is 4. The van der Waals surface area contributed by atoms with Crippen LogP contribution in [-0.4, -0.2) is 66.6 Å². The van der Waals surface area contributed by atoms with Crippen LogP contribution in [0.1, 0.15) is 25.7 Å². The third-order valence-electron chi connectivity index (χ3n) is 5.71. The molecule has 3 aliphatic rings. The summed E-state index contributed by atoms with van der Waals surface area (Å²) in [6.45, 7) is 2.94. The van der Waals surface area contributed by atoms with Gasteiger partial charge in [0.05, 0.1) is 6.10 Å². The first-order valence-electron chi connectivity index (χ1n) is 9.68. The van der Waals surface area contributed by atoms with Crippen LogP contribution in [0, 0.1) is 5.92 Å². The van der Waals surface area contributed by atoms with Crippen LogP contribution in [0.3, 0.4) is 0 Å². The van der Waals surface area contributed by atoms with Crippen molar-refractivity contribution in [3.8, 4) is 5.75 Å². The third-order valence-corrected chi connectivity index (χ3v) is 5.96. The minimum absolute atomic E-state index is 0.0800. The lowest BCUT2D eigenvalue weighted by Gasteiger charge is -2.43. The van der Waals surface area contributed by atoms with E-state index in [0.717, 1.165) is 25.0 Å². The maximum Gasteiger partial charge on any atom is 0.320 e. The number of fused-ring (bicyclic) bond motifs is 1. The van der Waals surface area contributed by atoms with Crippen LogP contribution in [0.25, 0.3) is 0 Å². The van der Waals surface area contributed by atoms with E-state index in [1.165, 1.54) is 0 Å². The normalized spacial score (nSPS) is 26.6. The fraction of sp³-hybridized carbons (Fsp3) is 0.600. The topological polar surface area (TPSA) is 59.1 Å². The van der Waals surface area contributed by atoms with Gasteiger partial charge in [-0.2, -0.15) is 0 Å². The number of rotatable bonds is 2. The summed E-state index contributed by atoms with van der Waals surface area (Å²) < 4.78 is 11.6. The second-order valence-corrected chi connectivity index (χ2v) is 8.06. The van der Waals surface area contributed by atoms with Gasteiger partial charge in [-0.15, -0.1) is 0 Å². The van der Waals surface area contributed by atoms with Crippen molar-refractivity contribution in [3.05, 3.63) is 29.3 Å². The summed E-state index contributed by atoms with van der Waals surface area (Å²) >= 11 is 5.90. The monoisotopic (exact) mass is 392 g/mol.